The van der Waals surface area contributed by atoms with Crippen LogP contribution in [0, 0.1) is 5.92 Å². The molecule has 2 aromatic rings. The molecule has 0 bridgehead atoms. The minimum Gasteiger partial charge on any atom is -0.460 e. The van der Waals surface area contributed by atoms with Crippen molar-refractivity contribution in [3.05, 3.63) is 71.8 Å². The number of esters is 1. The van der Waals surface area contributed by atoms with E-state index in [-0.39, 0.29) is 24.1 Å². The van der Waals surface area contributed by atoms with Gasteiger partial charge in [0.05, 0.1) is 12.6 Å². The van der Waals surface area contributed by atoms with Crippen LogP contribution in [-0.4, -0.2) is 40.9 Å². The second-order valence-electron chi connectivity index (χ2n) is 8.55. The molecule has 2 aliphatic rings. The standard InChI is InChI=1S/C23H28N2O3/c1-23(2,3)28-22(26)19-16-27-25-20(18-12-8-5-9-13-18)15-24(21(19)25)14-17-10-6-4-7-11-17/h4-13,19-21H,14-16H2,1-3H3/t19-,20+,21-/m1/s1. The predicted octanol–water partition coefficient (Wildman–Crippen LogP) is 3.77. The fraction of sp³-hybridized carbons (Fsp3) is 0.435. The normalized spacial score (nSPS) is 25.6. The van der Waals surface area contributed by atoms with Crippen molar-refractivity contribution in [2.24, 2.45) is 5.92 Å². The van der Waals surface area contributed by atoms with Crippen LogP contribution in [0.25, 0.3) is 0 Å². The zero-order valence-corrected chi connectivity index (χ0v) is 16.7. The highest BCUT2D eigenvalue weighted by Gasteiger charge is 2.53. The average molecular weight is 380 g/mol. The molecule has 2 aliphatic heterocycles. The van der Waals surface area contributed by atoms with Gasteiger partial charge in [-0.1, -0.05) is 60.7 Å². The lowest BCUT2D eigenvalue weighted by Gasteiger charge is -2.29. The Kier molecular flexibility index (Phi) is 5.23. The summed E-state index contributed by atoms with van der Waals surface area (Å²) in [6, 6.07) is 20.8. The summed E-state index contributed by atoms with van der Waals surface area (Å²) in [6.07, 6.45) is -0.125. The van der Waals surface area contributed by atoms with Crippen LogP contribution >= 0.6 is 0 Å². The first-order chi connectivity index (χ1) is 13.4. The molecule has 0 spiro atoms. The second kappa shape index (κ2) is 7.66. The minimum atomic E-state index is -0.508. The highest BCUT2D eigenvalue weighted by atomic mass is 16.7. The molecular formula is C23H28N2O3. The monoisotopic (exact) mass is 380 g/mol. The summed E-state index contributed by atoms with van der Waals surface area (Å²) >= 11 is 0. The van der Waals surface area contributed by atoms with Crippen LogP contribution in [0.5, 0.6) is 0 Å². The van der Waals surface area contributed by atoms with Gasteiger partial charge in [0.1, 0.15) is 17.7 Å². The van der Waals surface area contributed by atoms with Gasteiger partial charge >= 0.3 is 5.97 Å². The Balaban J connectivity index is 1.61. The second-order valence-corrected chi connectivity index (χ2v) is 8.55. The van der Waals surface area contributed by atoms with Gasteiger partial charge in [0.2, 0.25) is 0 Å². The van der Waals surface area contributed by atoms with E-state index in [1.54, 1.807) is 0 Å². The Labute approximate surface area is 166 Å². The number of fused-ring (bicyclic) bond motifs is 1. The number of hydroxylamine groups is 2. The Morgan fingerprint density at radius 3 is 2.36 bits per heavy atom. The molecule has 0 amide bonds. The van der Waals surface area contributed by atoms with Gasteiger partial charge in [-0.25, -0.2) is 0 Å². The summed E-state index contributed by atoms with van der Waals surface area (Å²) in [4.78, 5) is 21.3. The van der Waals surface area contributed by atoms with Crippen molar-refractivity contribution in [3.8, 4) is 0 Å². The van der Waals surface area contributed by atoms with Crippen molar-refractivity contribution in [1.29, 1.82) is 0 Å². The van der Waals surface area contributed by atoms with Crippen molar-refractivity contribution in [3.63, 3.8) is 0 Å². The zero-order valence-electron chi connectivity index (χ0n) is 16.7. The lowest BCUT2D eigenvalue weighted by Crippen LogP contribution is -2.43. The fourth-order valence-electron chi connectivity index (χ4n) is 4.08. The first-order valence-electron chi connectivity index (χ1n) is 9.89. The minimum absolute atomic E-state index is 0.0994. The lowest BCUT2D eigenvalue weighted by atomic mass is 10.1. The quantitative estimate of drug-likeness (QED) is 0.755. The zero-order chi connectivity index (χ0) is 19.7. The van der Waals surface area contributed by atoms with Gasteiger partial charge in [-0.05, 0) is 31.9 Å². The number of ether oxygens (including phenoxy) is 1. The number of rotatable bonds is 4. The molecule has 2 saturated heterocycles. The third-order valence-electron chi connectivity index (χ3n) is 5.23. The predicted molar refractivity (Wildman–Crippen MR) is 107 cm³/mol. The molecule has 5 nitrogen and oxygen atoms in total. The van der Waals surface area contributed by atoms with Crippen molar-refractivity contribution in [2.45, 2.75) is 45.1 Å². The van der Waals surface area contributed by atoms with Gasteiger partial charge in [0.15, 0.2) is 0 Å². The van der Waals surface area contributed by atoms with Crippen LogP contribution in [0.1, 0.15) is 37.9 Å². The van der Waals surface area contributed by atoms with Crippen LogP contribution in [0.3, 0.4) is 0 Å². The molecule has 148 valence electrons. The maximum absolute atomic E-state index is 12.9. The molecule has 0 aliphatic carbocycles. The molecule has 4 rings (SSSR count). The number of hydrogen-bond acceptors (Lipinski definition) is 5. The fourth-order valence-corrected chi connectivity index (χ4v) is 4.08. The topological polar surface area (TPSA) is 42.0 Å². The lowest BCUT2D eigenvalue weighted by molar-refractivity contribution is -0.162. The largest absolute Gasteiger partial charge is 0.460 e. The summed E-state index contributed by atoms with van der Waals surface area (Å²) in [5, 5.41) is 2.01. The van der Waals surface area contributed by atoms with E-state index in [1.165, 1.54) is 11.1 Å². The summed E-state index contributed by atoms with van der Waals surface area (Å²) in [7, 11) is 0. The Morgan fingerprint density at radius 1 is 1.07 bits per heavy atom. The van der Waals surface area contributed by atoms with E-state index in [0.29, 0.717) is 6.61 Å². The van der Waals surface area contributed by atoms with E-state index >= 15 is 0 Å². The number of nitrogens with zero attached hydrogens (tertiary/aromatic N) is 2. The van der Waals surface area contributed by atoms with Crippen molar-refractivity contribution in [1.82, 2.24) is 9.96 Å². The SMILES string of the molecule is CC(C)(C)OC(=O)[C@@H]1CON2[C@H]1N(Cc1ccccc1)C[C@H]2c1ccccc1. The van der Waals surface area contributed by atoms with Gasteiger partial charge in [-0.3, -0.25) is 14.5 Å². The Bertz CT molecular complexity index is 804. The van der Waals surface area contributed by atoms with Crippen LogP contribution in [0.2, 0.25) is 0 Å². The molecule has 0 N–H and O–H groups in total. The highest BCUT2D eigenvalue weighted by molar-refractivity contribution is 5.74. The van der Waals surface area contributed by atoms with Crippen molar-refractivity contribution >= 4 is 5.97 Å². The molecular weight excluding hydrogens is 352 g/mol. The van der Waals surface area contributed by atoms with E-state index < -0.39 is 5.60 Å². The van der Waals surface area contributed by atoms with Crippen LogP contribution in [0.4, 0.5) is 0 Å². The molecule has 28 heavy (non-hydrogen) atoms. The molecule has 5 heteroatoms. The van der Waals surface area contributed by atoms with Gasteiger partial charge in [-0.15, -0.1) is 0 Å². The summed E-state index contributed by atoms with van der Waals surface area (Å²) in [5.74, 6) is -0.511. The summed E-state index contributed by atoms with van der Waals surface area (Å²) in [5.41, 5.74) is 1.92. The Hall–Kier alpha value is -2.21. The molecule has 0 radical (unpaired) electrons. The molecule has 0 aromatic heterocycles. The number of carbonyl (C=O) groups is 1. The first-order valence-corrected chi connectivity index (χ1v) is 9.89. The van der Waals surface area contributed by atoms with E-state index in [4.69, 9.17) is 9.57 Å². The first kappa shape index (κ1) is 19.1. The van der Waals surface area contributed by atoms with Crippen LogP contribution in [0.15, 0.2) is 60.7 Å². The van der Waals surface area contributed by atoms with Gasteiger partial charge < -0.3 is 4.74 Å². The highest BCUT2D eigenvalue weighted by Crippen LogP contribution is 2.41. The average Bonchev–Trinajstić information content (AvgIpc) is 3.23. The van der Waals surface area contributed by atoms with Gasteiger partial charge in [0.25, 0.3) is 0 Å². The van der Waals surface area contributed by atoms with Crippen molar-refractivity contribution < 1.29 is 14.4 Å². The molecule has 0 unspecified atom stereocenters. The summed E-state index contributed by atoms with van der Waals surface area (Å²) in [6.45, 7) is 7.65. The number of hydrogen-bond donors (Lipinski definition) is 0. The van der Waals surface area contributed by atoms with Crippen molar-refractivity contribution in [2.75, 3.05) is 13.2 Å². The van der Waals surface area contributed by atoms with E-state index in [0.717, 1.165) is 13.1 Å². The molecule has 2 fully saturated rings. The van der Waals surface area contributed by atoms with Gasteiger partial charge in [0, 0.05) is 13.1 Å². The molecule has 3 atom stereocenters. The van der Waals surface area contributed by atoms with Gasteiger partial charge in [-0.2, -0.15) is 5.06 Å². The molecule has 2 aromatic carbocycles. The maximum atomic E-state index is 12.9. The van der Waals surface area contributed by atoms with E-state index in [9.17, 15) is 4.79 Å². The van der Waals surface area contributed by atoms with E-state index in [2.05, 4.69) is 29.2 Å². The molecule has 2 heterocycles. The summed E-state index contributed by atoms with van der Waals surface area (Å²) < 4.78 is 5.70. The molecule has 0 saturated carbocycles. The maximum Gasteiger partial charge on any atom is 0.314 e. The Morgan fingerprint density at radius 2 is 1.71 bits per heavy atom. The number of benzene rings is 2. The van der Waals surface area contributed by atoms with E-state index in [1.807, 2.05) is 62.2 Å². The van der Waals surface area contributed by atoms with Crippen LogP contribution in [-0.2, 0) is 20.9 Å². The third kappa shape index (κ3) is 3.97. The smallest absolute Gasteiger partial charge is 0.314 e. The third-order valence-corrected chi connectivity index (χ3v) is 5.23. The number of carbonyl (C=O) groups excluding carboxylic acids is 1. The van der Waals surface area contributed by atoms with Crippen LogP contribution < -0.4 is 0 Å².